The molecule has 1 amide bonds. The van der Waals surface area contributed by atoms with Crippen LogP contribution < -0.4 is 24.8 Å². The molecule has 0 aromatic heterocycles. The zero-order valence-corrected chi connectivity index (χ0v) is 19.8. The van der Waals surface area contributed by atoms with Gasteiger partial charge in [-0.2, -0.15) is 0 Å². The molecular weight excluding hydrogens is 408 g/mol. The van der Waals surface area contributed by atoms with E-state index < -0.39 is 0 Å². The second-order valence-electron chi connectivity index (χ2n) is 7.34. The molecule has 8 nitrogen and oxygen atoms in total. The van der Waals surface area contributed by atoms with E-state index in [1.807, 2.05) is 36.4 Å². The quantitative estimate of drug-likeness (QED) is 0.434. The Morgan fingerprint density at radius 1 is 0.938 bits per heavy atom. The normalized spacial score (nSPS) is 11.0. The zero-order valence-electron chi connectivity index (χ0n) is 19.8. The van der Waals surface area contributed by atoms with Crippen molar-refractivity contribution in [1.82, 2.24) is 15.5 Å². The maximum Gasteiger partial charge on any atom is 0.253 e. The summed E-state index contributed by atoms with van der Waals surface area (Å²) < 4.78 is 16.3. The van der Waals surface area contributed by atoms with Gasteiger partial charge >= 0.3 is 0 Å². The Labute approximate surface area is 190 Å². The third kappa shape index (κ3) is 6.80. The zero-order chi connectivity index (χ0) is 23.5. The van der Waals surface area contributed by atoms with Crippen LogP contribution in [0.15, 0.2) is 41.4 Å². The first-order valence-electron chi connectivity index (χ1n) is 10.5. The van der Waals surface area contributed by atoms with Crippen LogP contribution in [-0.4, -0.2) is 72.3 Å². The first-order chi connectivity index (χ1) is 15.4. The predicted molar refractivity (Wildman–Crippen MR) is 127 cm³/mol. The van der Waals surface area contributed by atoms with Crippen LogP contribution >= 0.6 is 0 Å². The SMILES string of the molecule is CN=C(NCCc1cccc(C(=O)N(C)C)c1)NCCc1c(OC)cc(OC)cc1OC. The number of carbonyl (C=O) groups is 1. The molecular formula is C24H34N4O4. The highest BCUT2D eigenvalue weighted by molar-refractivity contribution is 5.94. The van der Waals surface area contributed by atoms with Gasteiger partial charge in [0.15, 0.2) is 5.96 Å². The number of hydrogen-bond acceptors (Lipinski definition) is 5. The fraction of sp³-hybridized carbons (Fsp3) is 0.417. The molecule has 174 valence electrons. The molecule has 2 aromatic carbocycles. The lowest BCUT2D eigenvalue weighted by atomic mass is 10.1. The minimum atomic E-state index is 0.00155. The van der Waals surface area contributed by atoms with E-state index in [0.29, 0.717) is 36.8 Å². The third-order valence-corrected chi connectivity index (χ3v) is 4.99. The second-order valence-corrected chi connectivity index (χ2v) is 7.34. The van der Waals surface area contributed by atoms with Crippen molar-refractivity contribution in [3.05, 3.63) is 53.1 Å². The van der Waals surface area contributed by atoms with E-state index in [0.717, 1.165) is 29.0 Å². The maximum atomic E-state index is 12.1. The molecule has 0 saturated heterocycles. The molecule has 0 fully saturated rings. The molecule has 0 spiro atoms. The van der Waals surface area contributed by atoms with Crippen molar-refractivity contribution in [1.29, 1.82) is 0 Å². The standard InChI is InChI=1S/C24H34N4O4/c1-25-24(26-12-10-17-8-7-9-18(14-17)23(29)28(2)3)27-13-11-20-21(31-5)15-19(30-4)16-22(20)32-6/h7-9,14-16H,10-13H2,1-6H3,(H2,25,26,27). The van der Waals surface area contributed by atoms with Crippen LogP contribution in [0.4, 0.5) is 0 Å². The number of amides is 1. The number of benzene rings is 2. The lowest BCUT2D eigenvalue weighted by Gasteiger charge is -2.16. The van der Waals surface area contributed by atoms with Gasteiger partial charge in [0.2, 0.25) is 0 Å². The van der Waals surface area contributed by atoms with Crippen molar-refractivity contribution >= 4 is 11.9 Å². The highest BCUT2D eigenvalue weighted by Gasteiger charge is 2.13. The Kier molecular flexibility index (Phi) is 9.66. The molecule has 2 N–H and O–H groups in total. The summed E-state index contributed by atoms with van der Waals surface area (Å²) in [6.45, 7) is 1.33. The number of aliphatic imine (C=N–C) groups is 1. The molecule has 0 aliphatic rings. The highest BCUT2D eigenvalue weighted by atomic mass is 16.5. The molecule has 0 bridgehead atoms. The van der Waals surface area contributed by atoms with E-state index in [4.69, 9.17) is 14.2 Å². The molecule has 0 aliphatic heterocycles. The summed E-state index contributed by atoms with van der Waals surface area (Å²) in [7, 11) is 10.1. The fourth-order valence-corrected chi connectivity index (χ4v) is 3.29. The Hall–Kier alpha value is -3.42. The van der Waals surface area contributed by atoms with Crippen LogP contribution in [0.25, 0.3) is 0 Å². The summed E-state index contributed by atoms with van der Waals surface area (Å²) in [6.07, 6.45) is 1.46. The molecule has 0 heterocycles. The minimum absolute atomic E-state index is 0.00155. The largest absolute Gasteiger partial charge is 0.496 e. The monoisotopic (exact) mass is 442 g/mol. The minimum Gasteiger partial charge on any atom is -0.496 e. The molecule has 0 radical (unpaired) electrons. The van der Waals surface area contributed by atoms with Crippen molar-refractivity contribution in [3.63, 3.8) is 0 Å². The van der Waals surface area contributed by atoms with E-state index in [2.05, 4.69) is 15.6 Å². The Morgan fingerprint density at radius 2 is 1.56 bits per heavy atom. The second kappa shape index (κ2) is 12.4. The van der Waals surface area contributed by atoms with E-state index >= 15 is 0 Å². The topological polar surface area (TPSA) is 84.4 Å². The molecule has 8 heteroatoms. The van der Waals surface area contributed by atoms with Crippen LogP contribution in [0.3, 0.4) is 0 Å². The van der Waals surface area contributed by atoms with Gasteiger partial charge in [-0.05, 0) is 30.5 Å². The number of rotatable bonds is 10. The summed E-state index contributed by atoms with van der Waals surface area (Å²) in [5.74, 6) is 2.83. The number of nitrogens with one attached hydrogen (secondary N) is 2. The summed E-state index contributed by atoms with van der Waals surface area (Å²) in [6, 6.07) is 11.4. The number of hydrogen-bond donors (Lipinski definition) is 2. The van der Waals surface area contributed by atoms with Gasteiger partial charge in [0.25, 0.3) is 5.91 Å². The van der Waals surface area contributed by atoms with Gasteiger partial charge in [0.1, 0.15) is 17.2 Å². The van der Waals surface area contributed by atoms with Crippen molar-refractivity contribution in [3.8, 4) is 17.2 Å². The number of carbonyl (C=O) groups excluding carboxylic acids is 1. The third-order valence-electron chi connectivity index (χ3n) is 4.99. The average molecular weight is 443 g/mol. The van der Waals surface area contributed by atoms with Crippen LogP contribution in [0.2, 0.25) is 0 Å². The molecule has 0 unspecified atom stereocenters. The number of guanidine groups is 1. The van der Waals surface area contributed by atoms with Gasteiger partial charge < -0.3 is 29.7 Å². The first-order valence-corrected chi connectivity index (χ1v) is 10.5. The molecule has 32 heavy (non-hydrogen) atoms. The van der Waals surface area contributed by atoms with Crippen LogP contribution in [0, 0.1) is 0 Å². The predicted octanol–water partition coefficient (Wildman–Crippen LogP) is 2.36. The van der Waals surface area contributed by atoms with Crippen molar-refractivity contribution < 1.29 is 19.0 Å². The number of methoxy groups -OCH3 is 3. The van der Waals surface area contributed by atoms with Gasteiger partial charge in [-0.25, -0.2) is 0 Å². The molecule has 0 saturated carbocycles. The van der Waals surface area contributed by atoms with Gasteiger partial charge in [-0.3, -0.25) is 9.79 Å². The number of ether oxygens (including phenoxy) is 3. The Morgan fingerprint density at radius 3 is 2.09 bits per heavy atom. The lowest BCUT2D eigenvalue weighted by Crippen LogP contribution is -2.39. The van der Waals surface area contributed by atoms with Gasteiger partial charge in [0.05, 0.1) is 21.3 Å². The van der Waals surface area contributed by atoms with Gasteiger partial charge in [0, 0.05) is 57.5 Å². The smallest absolute Gasteiger partial charge is 0.253 e. The van der Waals surface area contributed by atoms with Gasteiger partial charge in [-0.1, -0.05) is 12.1 Å². The van der Waals surface area contributed by atoms with Crippen molar-refractivity contribution in [2.45, 2.75) is 12.8 Å². The first kappa shape index (κ1) is 24.8. The molecule has 2 aromatic rings. The lowest BCUT2D eigenvalue weighted by molar-refractivity contribution is 0.0827. The Balaban J connectivity index is 1.90. The summed E-state index contributed by atoms with van der Waals surface area (Å²) >= 11 is 0. The molecule has 0 atom stereocenters. The average Bonchev–Trinajstić information content (AvgIpc) is 2.82. The van der Waals surface area contributed by atoms with Crippen molar-refractivity contribution in [2.75, 3.05) is 55.6 Å². The van der Waals surface area contributed by atoms with E-state index in [1.54, 1.807) is 47.4 Å². The van der Waals surface area contributed by atoms with E-state index in [1.165, 1.54) is 0 Å². The van der Waals surface area contributed by atoms with E-state index in [-0.39, 0.29) is 5.91 Å². The van der Waals surface area contributed by atoms with Crippen LogP contribution in [0.5, 0.6) is 17.2 Å². The fourth-order valence-electron chi connectivity index (χ4n) is 3.29. The van der Waals surface area contributed by atoms with Crippen molar-refractivity contribution in [2.24, 2.45) is 4.99 Å². The molecule has 2 rings (SSSR count). The van der Waals surface area contributed by atoms with Gasteiger partial charge in [-0.15, -0.1) is 0 Å². The number of nitrogens with zero attached hydrogens (tertiary/aromatic N) is 2. The Bertz CT molecular complexity index is 903. The van der Waals surface area contributed by atoms with Crippen LogP contribution in [-0.2, 0) is 12.8 Å². The summed E-state index contributed by atoms with van der Waals surface area (Å²) in [5, 5.41) is 6.63. The highest BCUT2D eigenvalue weighted by Crippen LogP contribution is 2.34. The maximum absolute atomic E-state index is 12.1. The molecule has 0 aliphatic carbocycles. The summed E-state index contributed by atoms with van der Waals surface area (Å²) in [5.41, 5.74) is 2.74. The van der Waals surface area contributed by atoms with E-state index in [9.17, 15) is 4.79 Å². The van der Waals surface area contributed by atoms with Crippen LogP contribution in [0.1, 0.15) is 21.5 Å². The summed E-state index contributed by atoms with van der Waals surface area (Å²) in [4.78, 5) is 18.0.